The normalized spacial score (nSPS) is 14.2. The van der Waals surface area contributed by atoms with E-state index in [1.165, 1.54) is 12.1 Å². The minimum atomic E-state index is -0.956. The van der Waals surface area contributed by atoms with Crippen molar-refractivity contribution in [2.45, 2.75) is 48.0 Å². The lowest BCUT2D eigenvalue weighted by Gasteiger charge is -2.41. The van der Waals surface area contributed by atoms with Crippen molar-refractivity contribution in [2.75, 3.05) is 6.54 Å². The summed E-state index contributed by atoms with van der Waals surface area (Å²) in [4.78, 5) is 24.9. The highest BCUT2D eigenvalue weighted by molar-refractivity contribution is 5.85. The number of hydrogen-bond acceptors (Lipinski definition) is 4. The smallest absolute Gasteiger partial charge is 0.307 e. The van der Waals surface area contributed by atoms with Gasteiger partial charge in [0, 0.05) is 6.54 Å². The molecule has 1 aromatic rings. The van der Waals surface area contributed by atoms with Crippen LogP contribution in [-0.2, 0) is 16.0 Å². The number of aliphatic carboxylic acids is 1. The van der Waals surface area contributed by atoms with Crippen LogP contribution in [-0.4, -0.2) is 33.7 Å². The summed E-state index contributed by atoms with van der Waals surface area (Å²) in [6.45, 7) is 11.9. The molecule has 0 radical (unpaired) electrons. The Morgan fingerprint density at radius 2 is 1.67 bits per heavy atom. The fourth-order valence-electron chi connectivity index (χ4n) is 3.30. The highest BCUT2D eigenvalue weighted by Gasteiger charge is 2.46. The summed E-state index contributed by atoms with van der Waals surface area (Å²) in [5, 5.41) is 31.5. The maximum atomic E-state index is 13.0. The Kier molecular flexibility index (Phi) is 7.69. The van der Waals surface area contributed by atoms with Crippen molar-refractivity contribution in [1.29, 1.82) is 0 Å². The van der Waals surface area contributed by atoms with Gasteiger partial charge in [0.1, 0.15) is 0 Å². The third-order valence-electron chi connectivity index (χ3n) is 5.69. The fourth-order valence-corrected chi connectivity index (χ4v) is 3.30. The molecule has 0 bridgehead atoms. The molecule has 2 unspecified atom stereocenters. The minimum Gasteiger partial charge on any atom is -0.504 e. The van der Waals surface area contributed by atoms with E-state index in [2.05, 4.69) is 5.32 Å². The Balaban J connectivity index is 2.96. The monoisotopic (exact) mass is 379 g/mol. The number of phenols is 2. The molecule has 0 heterocycles. The lowest BCUT2D eigenvalue weighted by atomic mass is 9.63. The van der Waals surface area contributed by atoms with Crippen LogP contribution < -0.4 is 5.32 Å². The van der Waals surface area contributed by atoms with Gasteiger partial charge in [0.15, 0.2) is 11.5 Å². The number of nitrogens with one attached hydrogen (secondary N) is 1. The first-order chi connectivity index (χ1) is 12.4. The zero-order valence-corrected chi connectivity index (χ0v) is 17.1. The molecule has 152 valence electrons. The Hall–Kier alpha value is -2.24. The topological polar surface area (TPSA) is 107 Å². The second kappa shape index (κ2) is 9.11. The molecular formula is C21H33NO5. The van der Waals surface area contributed by atoms with Crippen LogP contribution in [0.5, 0.6) is 11.5 Å². The quantitative estimate of drug-likeness (QED) is 0.492. The van der Waals surface area contributed by atoms with Crippen molar-refractivity contribution in [3.8, 4) is 11.5 Å². The summed E-state index contributed by atoms with van der Waals surface area (Å²) in [6, 6.07) is 4.52. The molecule has 0 saturated heterocycles. The molecule has 6 heteroatoms. The van der Waals surface area contributed by atoms with Gasteiger partial charge in [-0.15, -0.1) is 0 Å². The van der Waals surface area contributed by atoms with Crippen LogP contribution in [0.3, 0.4) is 0 Å². The summed E-state index contributed by atoms with van der Waals surface area (Å²) in [6.07, 6.45) is 0.466. The second-order valence-corrected chi connectivity index (χ2v) is 8.43. The van der Waals surface area contributed by atoms with Crippen LogP contribution in [0.4, 0.5) is 0 Å². The van der Waals surface area contributed by atoms with E-state index < -0.39 is 23.2 Å². The Labute approximate surface area is 161 Å². The number of rotatable bonds is 9. The number of carbonyl (C=O) groups is 2. The highest BCUT2D eigenvalue weighted by Crippen LogP contribution is 2.42. The number of carboxylic acid groups (broad SMARTS) is 1. The predicted octanol–water partition coefficient (Wildman–Crippen LogP) is 3.41. The summed E-state index contributed by atoms with van der Waals surface area (Å²) in [5.41, 5.74) is 0.276. The summed E-state index contributed by atoms with van der Waals surface area (Å²) < 4.78 is 0. The lowest BCUT2D eigenvalue weighted by Crippen LogP contribution is -2.49. The van der Waals surface area contributed by atoms with Crippen molar-refractivity contribution >= 4 is 11.9 Å². The number of phenolic OH excluding ortho intramolecular Hbond substituents is 2. The predicted molar refractivity (Wildman–Crippen MR) is 105 cm³/mol. The second-order valence-electron chi connectivity index (χ2n) is 8.43. The summed E-state index contributed by atoms with van der Waals surface area (Å²) >= 11 is 0. The first kappa shape index (κ1) is 22.8. The van der Waals surface area contributed by atoms with Crippen LogP contribution in [0.15, 0.2) is 18.2 Å². The standard InChI is InChI=1S/C21H33NO5/c1-12(2)17(20(26)27)18(21(5,6)13(3)4)19(25)22-10-9-14-7-8-15(23)16(24)11-14/h7-8,11-13,17-18,23-24H,9-10H2,1-6H3,(H,22,25)(H,26,27). The molecule has 6 nitrogen and oxygen atoms in total. The molecule has 0 aliphatic rings. The number of benzene rings is 1. The van der Waals surface area contributed by atoms with Crippen molar-refractivity contribution in [3.05, 3.63) is 23.8 Å². The lowest BCUT2D eigenvalue weighted by molar-refractivity contribution is -0.154. The third kappa shape index (κ3) is 5.62. The van der Waals surface area contributed by atoms with Crippen LogP contribution in [0, 0.1) is 29.1 Å². The van der Waals surface area contributed by atoms with Crippen LogP contribution in [0.2, 0.25) is 0 Å². The zero-order chi connectivity index (χ0) is 20.9. The largest absolute Gasteiger partial charge is 0.504 e. The van der Waals surface area contributed by atoms with Crippen molar-refractivity contribution < 1.29 is 24.9 Å². The summed E-state index contributed by atoms with van der Waals surface area (Å²) in [7, 11) is 0. The van der Waals surface area contributed by atoms with E-state index in [-0.39, 0.29) is 29.2 Å². The SMILES string of the molecule is CC(C)C(C(=O)O)C(C(=O)NCCc1ccc(O)c(O)c1)C(C)(C)C(C)C. The van der Waals surface area contributed by atoms with E-state index in [4.69, 9.17) is 0 Å². The molecule has 0 fully saturated rings. The molecule has 0 aliphatic heterocycles. The van der Waals surface area contributed by atoms with Crippen LogP contribution >= 0.6 is 0 Å². The number of amides is 1. The minimum absolute atomic E-state index is 0.128. The van der Waals surface area contributed by atoms with Crippen LogP contribution in [0.1, 0.15) is 47.1 Å². The molecular weight excluding hydrogens is 346 g/mol. The number of aromatic hydroxyl groups is 2. The number of hydrogen-bond donors (Lipinski definition) is 4. The van der Waals surface area contributed by atoms with Gasteiger partial charge in [-0.1, -0.05) is 47.6 Å². The fraction of sp³-hybridized carbons (Fsp3) is 0.619. The third-order valence-corrected chi connectivity index (χ3v) is 5.69. The molecule has 4 N–H and O–H groups in total. The highest BCUT2D eigenvalue weighted by atomic mass is 16.4. The average molecular weight is 379 g/mol. The van der Waals surface area contributed by atoms with E-state index in [0.717, 1.165) is 5.56 Å². The van der Waals surface area contributed by atoms with Gasteiger partial charge in [-0.3, -0.25) is 9.59 Å². The van der Waals surface area contributed by atoms with E-state index in [9.17, 15) is 24.9 Å². The van der Waals surface area contributed by atoms with Gasteiger partial charge in [0.25, 0.3) is 0 Å². The van der Waals surface area contributed by atoms with Crippen LogP contribution in [0.25, 0.3) is 0 Å². The maximum absolute atomic E-state index is 13.0. The molecule has 0 saturated carbocycles. The average Bonchev–Trinajstić information content (AvgIpc) is 2.54. The van der Waals surface area contributed by atoms with Crippen molar-refractivity contribution in [2.24, 2.45) is 29.1 Å². The van der Waals surface area contributed by atoms with E-state index in [1.807, 2.05) is 41.5 Å². The molecule has 0 aliphatic carbocycles. The molecule has 1 amide bonds. The maximum Gasteiger partial charge on any atom is 0.307 e. The molecule has 0 aromatic heterocycles. The van der Waals surface area contributed by atoms with E-state index >= 15 is 0 Å². The molecule has 0 spiro atoms. The Morgan fingerprint density at radius 3 is 2.11 bits per heavy atom. The van der Waals surface area contributed by atoms with Crippen molar-refractivity contribution in [3.63, 3.8) is 0 Å². The number of carboxylic acids is 1. The van der Waals surface area contributed by atoms with Gasteiger partial charge in [-0.25, -0.2) is 0 Å². The van der Waals surface area contributed by atoms with E-state index in [1.54, 1.807) is 6.07 Å². The van der Waals surface area contributed by atoms with Gasteiger partial charge in [0.2, 0.25) is 5.91 Å². The molecule has 27 heavy (non-hydrogen) atoms. The van der Waals surface area contributed by atoms with Crippen molar-refractivity contribution in [1.82, 2.24) is 5.32 Å². The first-order valence-corrected chi connectivity index (χ1v) is 9.40. The first-order valence-electron chi connectivity index (χ1n) is 9.40. The molecule has 1 aromatic carbocycles. The molecule has 1 rings (SSSR count). The number of carbonyl (C=O) groups excluding carboxylic acids is 1. The van der Waals surface area contributed by atoms with Gasteiger partial charge < -0.3 is 20.6 Å². The van der Waals surface area contributed by atoms with E-state index in [0.29, 0.717) is 13.0 Å². The van der Waals surface area contributed by atoms with Gasteiger partial charge in [0.05, 0.1) is 11.8 Å². The summed E-state index contributed by atoms with van der Waals surface area (Å²) in [5.74, 6) is -3.11. The zero-order valence-electron chi connectivity index (χ0n) is 17.1. The van der Waals surface area contributed by atoms with Gasteiger partial charge in [-0.05, 0) is 41.4 Å². The Bertz CT molecular complexity index is 667. The van der Waals surface area contributed by atoms with Gasteiger partial charge in [-0.2, -0.15) is 0 Å². The molecule has 2 atom stereocenters. The van der Waals surface area contributed by atoms with Gasteiger partial charge >= 0.3 is 5.97 Å². The Morgan fingerprint density at radius 1 is 1.07 bits per heavy atom.